The maximum Gasteiger partial charge on any atom is 0.258 e. The van der Waals surface area contributed by atoms with E-state index in [0.29, 0.717) is 0 Å². The fraction of sp³-hybridized carbons (Fsp3) is 0.385. The first-order valence-corrected chi connectivity index (χ1v) is 6.13. The zero-order valence-electron chi connectivity index (χ0n) is 11.3. The third kappa shape index (κ3) is 4.42. The molecule has 0 aromatic heterocycles. The van der Waals surface area contributed by atoms with Crippen molar-refractivity contribution in [3.63, 3.8) is 0 Å². The van der Waals surface area contributed by atoms with Crippen molar-refractivity contribution < 1.29 is 29.6 Å². The first-order chi connectivity index (χ1) is 9.98. The lowest BCUT2D eigenvalue weighted by molar-refractivity contribution is -0.127. The molecule has 0 radical (unpaired) electrons. The Labute approximate surface area is 121 Å². The van der Waals surface area contributed by atoms with Crippen LogP contribution in [0.2, 0.25) is 0 Å². The molecular weight excluding hydrogens is 280 g/mol. The highest BCUT2D eigenvalue weighted by Gasteiger charge is 2.30. The van der Waals surface area contributed by atoms with Gasteiger partial charge in [0.25, 0.3) is 11.8 Å². The smallest absolute Gasteiger partial charge is 0.258 e. The SMILES string of the molecule is NC(=O)c1ccccc1OCC(=O)NC(CO)(CO)CO. The molecule has 0 aliphatic rings. The van der Waals surface area contributed by atoms with Gasteiger partial charge in [-0.05, 0) is 12.1 Å². The first-order valence-electron chi connectivity index (χ1n) is 6.13. The first kappa shape index (κ1) is 16.9. The third-order valence-corrected chi connectivity index (χ3v) is 2.82. The molecule has 0 saturated heterocycles. The Morgan fingerprint density at radius 2 is 1.71 bits per heavy atom. The molecule has 0 atom stereocenters. The molecule has 0 fully saturated rings. The van der Waals surface area contributed by atoms with Gasteiger partial charge in [0.05, 0.1) is 25.4 Å². The summed E-state index contributed by atoms with van der Waals surface area (Å²) in [5.74, 6) is -1.23. The Morgan fingerprint density at radius 3 is 2.24 bits per heavy atom. The number of aliphatic hydroxyl groups is 3. The lowest BCUT2D eigenvalue weighted by Crippen LogP contribution is -2.58. The molecule has 1 aromatic rings. The van der Waals surface area contributed by atoms with Crippen molar-refractivity contribution in [2.24, 2.45) is 5.73 Å². The van der Waals surface area contributed by atoms with Crippen molar-refractivity contribution >= 4 is 11.8 Å². The second-order valence-electron chi connectivity index (χ2n) is 4.45. The van der Waals surface area contributed by atoms with Crippen LogP contribution in [0.3, 0.4) is 0 Å². The Kier molecular flexibility index (Phi) is 6.10. The number of carbonyl (C=O) groups excluding carboxylic acids is 2. The molecule has 8 heteroatoms. The van der Waals surface area contributed by atoms with E-state index in [2.05, 4.69) is 5.32 Å². The van der Waals surface area contributed by atoms with Gasteiger partial charge in [-0.15, -0.1) is 0 Å². The van der Waals surface area contributed by atoms with E-state index in [4.69, 9.17) is 25.8 Å². The minimum atomic E-state index is -1.52. The van der Waals surface area contributed by atoms with Gasteiger partial charge in [-0.2, -0.15) is 0 Å². The summed E-state index contributed by atoms with van der Waals surface area (Å²) in [6.07, 6.45) is 0. The van der Waals surface area contributed by atoms with Crippen LogP contribution in [-0.2, 0) is 4.79 Å². The molecule has 0 heterocycles. The summed E-state index contributed by atoms with van der Waals surface area (Å²) in [5, 5.41) is 29.5. The van der Waals surface area contributed by atoms with Crippen LogP contribution in [-0.4, -0.2) is 59.1 Å². The van der Waals surface area contributed by atoms with Crippen molar-refractivity contribution in [3.05, 3.63) is 29.8 Å². The molecule has 0 aliphatic carbocycles. The van der Waals surface area contributed by atoms with Crippen molar-refractivity contribution in [1.29, 1.82) is 0 Å². The van der Waals surface area contributed by atoms with Gasteiger partial charge >= 0.3 is 0 Å². The van der Waals surface area contributed by atoms with E-state index in [-0.39, 0.29) is 11.3 Å². The standard InChI is InChI=1S/C13H18N2O6/c14-12(20)9-3-1-2-4-10(9)21-5-11(19)15-13(6-16,7-17)8-18/h1-4,16-18H,5-8H2,(H2,14,20)(H,15,19). The number of carbonyl (C=O) groups is 2. The minimum absolute atomic E-state index is 0.128. The second kappa shape index (κ2) is 7.58. The van der Waals surface area contributed by atoms with Gasteiger partial charge in [-0.1, -0.05) is 12.1 Å². The number of aliphatic hydroxyl groups excluding tert-OH is 3. The zero-order chi connectivity index (χ0) is 15.9. The van der Waals surface area contributed by atoms with Crippen molar-refractivity contribution in [2.45, 2.75) is 5.54 Å². The third-order valence-electron chi connectivity index (χ3n) is 2.82. The fourth-order valence-corrected chi connectivity index (χ4v) is 1.54. The Morgan fingerprint density at radius 1 is 1.14 bits per heavy atom. The predicted octanol–water partition coefficient (Wildman–Crippen LogP) is -2.00. The van der Waals surface area contributed by atoms with Crippen LogP contribution in [0.4, 0.5) is 0 Å². The molecule has 116 valence electrons. The normalized spacial score (nSPS) is 11.0. The number of ether oxygens (including phenoxy) is 1. The van der Waals surface area contributed by atoms with Crippen LogP contribution in [0.15, 0.2) is 24.3 Å². The van der Waals surface area contributed by atoms with Gasteiger partial charge in [0, 0.05) is 0 Å². The van der Waals surface area contributed by atoms with E-state index in [1.54, 1.807) is 12.1 Å². The summed E-state index contributed by atoms with van der Waals surface area (Å²) in [7, 11) is 0. The van der Waals surface area contributed by atoms with Gasteiger partial charge < -0.3 is 31.1 Å². The number of hydrogen-bond acceptors (Lipinski definition) is 6. The topological polar surface area (TPSA) is 142 Å². The van der Waals surface area contributed by atoms with Crippen molar-refractivity contribution in [2.75, 3.05) is 26.4 Å². The van der Waals surface area contributed by atoms with E-state index < -0.39 is 43.8 Å². The van der Waals surface area contributed by atoms with Crippen molar-refractivity contribution in [1.82, 2.24) is 5.32 Å². The quantitative estimate of drug-likeness (QED) is 0.375. The average molecular weight is 298 g/mol. The zero-order valence-corrected chi connectivity index (χ0v) is 11.3. The Balaban J connectivity index is 2.68. The number of rotatable bonds is 8. The molecule has 1 aromatic carbocycles. The van der Waals surface area contributed by atoms with Crippen LogP contribution in [0, 0.1) is 0 Å². The summed E-state index contributed by atoms with van der Waals surface area (Å²) in [6, 6.07) is 6.14. The lowest BCUT2D eigenvalue weighted by atomic mass is 10.0. The summed E-state index contributed by atoms with van der Waals surface area (Å²) < 4.78 is 5.18. The molecule has 0 bridgehead atoms. The Bertz CT molecular complexity index is 493. The van der Waals surface area contributed by atoms with Crippen LogP contribution >= 0.6 is 0 Å². The molecule has 6 N–H and O–H groups in total. The fourth-order valence-electron chi connectivity index (χ4n) is 1.54. The molecule has 0 saturated carbocycles. The van der Waals surface area contributed by atoms with Gasteiger partial charge in [0.2, 0.25) is 0 Å². The number of benzene rings is 1. The highest BCUT2D eigenvalue weighted by atomic mass is 16.5. The number of para-hydroxylation sites is 1. The predicted molar refractivity (Wildman–Crippen MR) is 72.6 cm³/mol. The number of nitrogens with one attached hydrogen (secondary N) is 1. The highest BCUT2D eigenvalue weighted by molar-refractivity contribution is 5.95. The van der Waals surface area contributed by atoms with Crippen LogP contribution in [0.1, 0.15) is 10.4 Å². The van der Waals surface area contributed by atoms with E-state index in [1.807, 2.05) is 0 Å². The monoisotopic (exact) mass is 298 g/mol. The molecule has 8 nitrogen and oxygen atoms in total. The van der Waals surface area contributed by atoms with E-state index in [9.17, 15) is 9.59 Å². The Hall–Kier alpha value is -2.16. The van der Waals surface area contributed by atoms with Gasteiger partial charge in [-0.3, -0.25) is 9.59 Å². The summed E-state index contributed by atoms with van der Waals surface area (Å²) in [4.78, 5) is 22.9. The number of primary amides is 1. The van der Waals surface area contributed by atoms with E-state index >= 15 is 0 Å². The molecule has 0 spiro atoms. The van der Waals surface area contributed by atoms with Crippen molar-refractivity contribution in [3.8, 4) is 5.75 Å². The maximum absolute atomic E-state index is 11.7. The molecule has 0 aliphatic heterocycles. The molecular formula is C13H18N2O6. The van der Waals surface area contributed by atoms with Gasteiger partial charge in [0.1, 0.15) is 11.3 Å². The van der Waals surface area contributed by atoms with Gasteiger partial charge in [0.15, 0.2) is 6.61 Å². The highest BCUT2D eigenvalue weighted by Crippen LogP contribution is 2.17. The molecule has 2 amide bonds. The van der Waals surface area contributed by atoms with Crippen LogP contribution < -0.4 is 15.8 Å². The molecule has 1 rings (SSSR count). The number of amides is 2. The minimum Gasteiger partial charge on any atom is -0.483 e. The summed E-state index contributed by atoms with van der Waals surface area (Å²) >= 11 is 0. The molecule has 0 unspecified atom stereocenters. The van der Waals surface area contributed by atoms with E-state index in [1.165, 1.54) is 12.1 Å². The van der Waals surface area contributed by atoms with Crippen LogP contribution in [0.25, 0.3) is 0 Å². The van der Waals surface area contributed by atoms with E-state index in [0.717, 1.165) is 0 Å². The summed E-state index contributed by atoms with van der Waals surface area (Å²) in [6.45, 7) is -2.37. The average Bonchev–Trinajstić information content (AvgIpc) is 2.51. The maximum atomic E-state index is 11.7. The molecule has 21 heavy (non-hydrogen) atoms. The van der Waals surface area contributed by atoms with Gasteiger partial charge in [-0.25, -0.2) is 0 Å². The van der Waals surface area contributed by atoms with Crippen LogP contribution in [0.5, 0.6) is 5.75 Å². The number of hydrogen-bond donors (Lipinski definition) is 5. The second-order valence-corrected chi connectivity index (χ2v) is 4.45. The number of nitrogens with two attached hydrogens (primary N) is 1. The lowest BCUT2D eigenvalue weighted by Gasteiger charge is -2.28. The summed E-state index contributed by atoms with van der Waals surface area (Å²) in [5.41, 5.74) is 3.77. The largest absolute Gasteiger partial charge is 0.483 e.